The molecule has 1 atom stereocenters. The largest absolute Gasteiger partial charge is 0.310 e. The minimum atomic E-state index is 0.645. The first-order valence-electron chi connectivity index (χ1n) is 5.78. The molecule has 1 fully saturated rings. The van der Waals surface area contributed by atoms with Crippen LogP contribution in [0, 0.1) is 0 Å². The van der Waals surface area contributed by atoms with Crippen LogP contribution >= 0.6 is 0 Å². The van der Waals surface area contributed by atoms with Crippen molar-refractivity contribution < 1.29 is 0 Å². The Kier molecular flexibility index (Phi) is 3.57. The van der Waals surface area contributed by atoms with Gasteiger partial charge in [-0.05, 0) is 31.2 Å². The van der Waals surface area contributed by atoms with Gasteiger partial charge in [0.15, 0.2) is 0 Å². The predicted octanol–water partition coefficient (Wildman–Crippen LogP) is 3.28. The van der Waals surface area contributed by atoms with Crippen molar-refractivity contribution in [3.63, 3.8) is 0 Å². The molecule has 15 heavy (non-hydrogen) atoms. The number of nitrogens with one attached hydrogen (secondary N) is 1. The lowest BCUT2D eigenvalue weighted by atomic mass is 9.91. The molecule has 1 heteroatoms. The fraction of sp³-hybridized carbons (Fsp3) is 0.429. The van der Waals surface area contributed by atoms with Crippen LogP contribution < -0.4 is 5.32 Å². The van der Waals surface area contributed by atoms with Crippen LogP contribution in [0.15, 0.2) is 42.5 Å². The highest BCUT2D eigenvalue weighted by Gasteiger charge is 2.14. The molecule has 1 saturated carbocycles. The fourth-order valence-corrected chi connectivity index (χ4v) is 2.18. The Balaban J connectivity index is 1.80. The molecule has 0 radical (unpaired) electrons. The molecule has 0 aliphatic heterocycles. The van der Waals surface area contributed by atoms with Crippen molar-refractivity contribution in [1.82, 2.24) is 5.32 Å². The third-order valence-corrected chi connectivity index (χ3v) is 3.06. The summed E-state index contributed by atoms with van der Waals surface area (Å²) in [6, 6.07) is 11.2. The van der Waals surface area contributed by atoms with Gasteiger partial charge in [-0.1, -0.05) is 42.5 Å². The lowest BCUT2D eigenvalue weighted by Gasteiger charge is -2.24. The molecule has 0 saturated heterocycles. The molecule has 1 aliphatic carbocycles. The maximum absolute atomic E-state index is 4.08. The summed E-state index contributed by atoms with van der Waals surface area (Å²) in [5.41, 5.74) is 2.78. The van der Waals surface area contributed by atoms with Crippen LogP contribution in [-0.4, -0.2) is 6.04 Å². The maximum Gasteiger partial charge on any atom is 0.0208 e. The van der Waals surface area contributed by atoms with E-state index >= 15 is 0 Å². The Hall–Kier alpha value is -1.08. The van der Waals surface area contributed by atoms with Gasteiger partial charge in [-0.25, -0.2) is 0 Å². The van der Waals surface area contributed by atoms with E-state index in [2.05, 4.69) is 42.2 Å². The Morgan fingerprint density at radius 3 is 2.80 bits per heavy atom. The van der Waals surface area contributed by atoms with Crippen molar-refractivity contribution >= 4 is 0 Å². The number of rotatable bonds is 3. The average Bonchev–Trinajstić information content (AvgIpc) is 2.28. The first kappa shape index (κ1) is 10.4. The molecular weight excluding hydrogens is 182 g/mol. The molecule has 0 bridgehead atoms. The highest BCUT2D eigenvalue weighted by Crippen LogP contribution is 2.21. The van der Waals surface area contributed by atoms with Crippen molar-refractivity contribution in [1.29, 1.82) is 0 Å². The van der Waals surface area contributed by atoms with Crippen LogP contribution in [0.2, 0.25) is 0 Å². The third-order valence-electron chi connectivity index (χ3n) is 3.06. The maximum atomic E-state index is 4.08. The molecule has 1 nitrogen and oxygen atoms in total. The zero-order valence-corrected chi connectivity index (χ0v) is 9.21. The fourth-order valence-electron chi connectivity index (χ4n) is 2.18. The Morgan fingerprint density at radius 1 is 1.27 bits per heavy atom. The molecule has 2 rings (SSSR count). The SMILES string of the molecule is C=C1CCCC(NCc2ccccc2)C1. The van der Waals surface area contributed by atoms with Crippen LogP contribution in [0.1, 0.15) is 31.2 Å². The molecule has 1 aromatic carbocycles. The standard InChI is InChI=1S/C14H19N/c1-12-6-5-9-14(10-12)15-11-13-7-3-2-4-8-13/h2-4,7-8,14-15H,1,5-6,9-11H2. The van der Waals surface area contributed by atoms with Gasteiger partial charge in [0.05, 0.1) is 0 Å². The summed E-state index contributed by atoms with van der Waals surface area (Å²) in [4.78, 5) is 0. The van der Waals surface area contributed by atoms with Crippen molar-refractivity contribution in [2.24, 2.45) is 0 Å². The molecule has 1 aliphatic rings. The highest BCUT2D eigenvalue weighted by atomic mass is 14.9. The van der Waals surface area contributed by atoms with E-state index in [9.17, 15) is 0 Å². The first-order chi connectivity index (χ1) is 7.34. The van der Waals surface area contributed by atoms with E-state index in [1.807, 2.05) is 0 Å². The number of benzene rings is 1. The van der Waals surface area contributed by atoms with Crippen molar-refractivity contribution in [3.8, 4) is 0 Å². The average molecular weight is 201 g/mol. The van der Waals surface area contributed by atoms with Crippen LogP contribution in [0.3, 0.4) is 0 Å². The lowest BCUT2D eigenvalue weighted by Crippen LogP contribution is -2.31. The summed E-state index contributed by atoms with van der Waals surface area (Å²) in [5, 5.41) is 3.61. The Bertz CT molecular complexity index is 315. The van der Waals surface area contributed by atoms with Gasteiger partial charge in [-0.3, -0.25) is 0 Å². The zero-order chi connectivity index (χ0) is 10.5. The van der Waals surface area contributed by atoms with Crippen LogP contribution in [0.5, 0.6) is 0 Å². The molecule has 1 aromatic rings. The molecule has 0 aromatic heterocycles. The first-order valence-corrected chi connectivity index (χ1v) is 5.78. The number of hydrogen-bond donors (Lipinski definition) is 1. The van der Waals surface area contributed by atoms with Gasteiger partial charge in [0, 0.05) is 12.6 Å². The van der Waals surface area contributed by atoms with Crippen molar-refractivity contribution in [2.75, 3.05) is 0 Å². The van der Waals surface area contributed by atoms with Crippen LogP contribution in [0.25, 0.3) is 0 Å². The molecule has 80 valence electrons. The van der Waals surface area contributed by atoms with E-state index in [1.54, 1.807) is 0 Å². The predicted molar refractivity (Wildman–Crippen MR) is 64.7 cm³/mol. The zero-order valence-electron chi connectivity index (χ0n) is 9.21. The summed E-state index contributed by atoms with van der Waals surface area (Å²) in [5.74, 6) is 0. The quantitative estimate of drug-likeness (QED) is 0.740. The summed E-state index contributed by atoms with van der Waals surface area (Å²) in [7, 11) is 0. The minimum absolute atomic E-state index is 0.645. The van der Waals surface area contributed by atoms with E-state index in [-0.39, 0.29) is 0 Å². The Labute approximate surface area is 92.2 Å². The summed E-state index contributed by atoms with van der Waals surface area (Å²) < 4.78 is 0. The molecule has 0 amide bonds. The summed E-state index contributed by atoms with van der Waals surface area (Å²) in [6.45, 7) is 5.06. The van der Waals surface area contributed by atoms with Crippen molar-refractivity contribution in [2.45, 2.75) is 38.3 Å². The second-order valence-electron chi connectivity index (χ2n) is 4.41. The molecule has 0 heterocycles. The second kappa shape index (κ2) is 5.13. The van der Waals surface area contributed by atoms with Gasteiger partial charge >= 0.3 is 0 Å². The summed E-state index contributed by atoms with van der Waals surface area (Å²) >= 11 is 0. The van der Waals surface area contributed by atoms with E-state index in [0.29, 0.717) is 6.04 Å². The molecule has 1 N–H and O–H groups in total. The summed E-state index contributed by atoms with van der Waals surface area (Å²) in [6.07, 6.45) is 4.98. The van der Waals surface area contributed by atoms with Gasteiger partial charge < -0.3 is 5.32 Å². The third kappa shape index (κ3) is 3.21. The van der Waals surface area contributed by atoms with E-state index in [4.69, 9.17) is 0 Å². The van der Waals surface area contributed by atoms with E-state index < -0.39 is 0 Å². The van der Waals surface area contributed by atoms with Gasteiger partial charge in [0.1, 0.15) is 0 Å². The van der Waals surface area contributed by atoms with Crippen LogP contribution in [-0.2, 0) is 6.54 Å². The van der Waals surface area contributed by atoms with Gasteiger partial charge in [0.25, 0.3) is 0 Å². The lowest BCUT2D eigenvalue weighted by molar-refractivity contribution is 0.425. The monoisotopic (exact) mass is 201 g/mol. The Morgan fingerprint density at radius 2 is 2.07 bits per heavy atom. The molecule has 1 unspecified atom stereocenters. The van der Waals surface area contributed by atoms with Crippen molar-refractivity contribution in [3.05, 3.63) is 48.0 Å². The topological polar surface area (TPSA) is 12.0 Å². The normalized spacial score (nSPS) is 21.6. The number of hydrogen-bond acceptors (Lipinski definition) is 1. The van der Waals surface area contributed by atoms with Gasteiger partial charge in [-0.2, -0.15) is 0 Å². The molecule has 0 spiro atoms. The minimum Gasteiger partial charge on any atom is -0.310 e. The van der Waals surface area contributed by atoms with Crippen LogP contribution in [0.4, 0.5) is 0 Å². The molecular formula is C14H19N. The highest BCUT2D eigenvalue weighted by molar-refractivity contribution is 5.14. The van der Waals surface area contributed by atoms with Gasteiger partial charge in [-0.15, -0.1) is 0 Å². The van der Waals surface area contributed by atoms with E-state index in [0.717, 1.165) is 13.0 Å². The van der Waals surface area contributed by atoms with Gasteiger partial charge in [0.2, 0.25) is 0 Å². The smallest absolute Gasteiger partial charge is 0.0208 e. The van der Waals surface area contributed by atoms with E-state index in [1.165, 1.54) is 30.4 Å². The second-order valence-corrected chi connectivity index (χ2v) is 4.41.